The largest absolute Gasteiger partial charge is 0.456 e. The lowest BCUT2D eigenvalue weighted by atomic mass is 10.1. The molecule has 20 heavy (non-hydrogen) atoms. The Kier molecular flexibility index (Phi) is 4.32. The summed E-state index contributed by atoms with van der Waals surface area (Å²) >= 11 is 5.06. The summed E-state index contributed by atoms with van der Waals surface area (Å²) in [5.41, 5.74) is 8.81. The number of aliphatic hydroxyl groups is 1. The third-order valence-electron chi connectivity index (χ3n) is 2.87. The summed E-state index contributed by atoms with van der Waals surface area (Å²) in [5.74, 6) is 1.25. The Morgan fingerprint density at radius 3 is 2.50 bits per heavy atom. The highest BCUT2D eigenvalue weighted by atomic mass is 32.1. The molecule has 3 N–H and O–H groups in total. The van der Waals surface area contributed by atoms with Gasteiger partial charge < -0.3 is 15.6 Å². The van der Waals surface area contributed by atoms with Crippen molar-refractivity contribution < 1.29 is 9.84 Å². The third kappa shape index (κ3) is 3.12. The van der Waals surface area contributed by atoms with Gasteiger partial charge in [0.2, 0.25) is 0 Å². The summed E-state index contributed by atoms with van der Waals surface area (Å²) in [6.45, 7) is 3.74. The summed E-state index contributed by atoms with van der Waals surface area (Å²) in [7, 11) is 0. The summed E-state index contributed by atoms with van der Waals surface area (Å²) in [4.78, 5) is 4.61. The van der Waals surface area contributed by atoms with E-state index in [0.717, 1.165) is 17.0 Å². The summed E-state index contributed by atoms with van der Waals surface area (Å²) in [6, 6.07) is 8.99. The van der Waals surface area contributed by atoms with Crippen LogP contribution in [-0.4, -0.2) is 15.1 Å². The van der Waals surface area contributed by atoms with Gasteiger partial charge in [-0.15, -0.1) is 0 Å². The molecule has 2 aromatic rings. The summed E-state index contributed by atoms with van der Waals surface area (Å²) in [5, 5.41) is 9.03. The fraction of sp³-hybridized carbons (Fsp3) is 0.200. The standard InChI is InChI=1S/C15H16N2O2S/c1-9-7-13(14(15(16)20)10(2)17-9)19-12-5-3-11(8-18)4-6-12/h3-7,18H,8H2,1-2H3,(H2,16,20). The molecule has 0 aliphatic rings. The van der Waals surface area contributed by atoms with E-state index in [1.807, 2.05) is 13.8 Å². The first-order chi connectivity index (χ1) is 9.51. The van der Waals surface area contributed by atoms with Gasteiger partial charge in [0, 0.05) is 11.8 Å². The number of nitrogens with two attached hydrogens (primary N) is 1. The first-order valence-electron chi connectivity index (χ1n) is 6.17. The van der Waals surface area contributed by atoms with Gasteiger partial charge in [-0.05, 0) is 31.5 Å². The second kappa shape index (κ2) is 5.98. The molecule has 0 atom stereocenters. The van der Waals surface area contributed by atoms with Crippen LogP contribution in [0.25, 0.3) is 0 Å². The van der Waals surface area contributed by atoms with E-state index in [1.54, 1.807) is 30.3 Å². The van der Waals surface area contributed by atoms with Crippen LogP contribution >= 0.6 is 12.2 Å². The number of aliphatic hydroxyl groups excluding tert-OH is 1. The van der Waals surface area contributed by atoms with Gasteiger partial charge in [-0.25, -0.2) is 0 Å². The zero-order valence-electron chi connectivity index (χ0n) is 11.4. The van der Waals surface area contributed by atoms with Crippen molar-refractivity contribution in [1.29, 1.82) is 0 Å². The number of nitrogens with zero attached hydrogens (tertiary/aromatic N) is 1. The number of rotatable bonds is 4. The second-order valence-electron chi connectivity index (χ2n) is 4.49. The van der Waals surface area contributed by atoms with Crippen LogP contribution in [0.3, 0.4) is 0 Å². The Morgan fingerprint density at radius 2 is 1.95 bits per heavy atom. The van der Waals surface area contributed by atoms with Crippen LogP contribution < -0.4 is 10.5 Å². The topological polar surface area (TPSA) is 68.4 Å². The highest BCUT2D eigenvalue weighted by Gasteiger charge is 2.13. The van der Waals surface area contributed by atoms with Gasteiger partial charge >= 0.3 is 0 Å². The number of hydrogen-bond donors (Lipinski definition) is 2. The lowest BCUT2D eigenvalue weighted by Gasteiger charge is -2.13. The maximum Gasteiger partial charge on any atom is 0.141 e. The van der Waals surface area contributed by atoms with Gasteiger partial charge in [0.05, 0.1) is 17.9 Å². The Labute approximate surface area is 123 Å². The highest BCUT2D eigenvalue weighted by Crippen LogP contribution is 2.28. The van der Waals surface area contributed by atoms with Crippen LogP contribution in [-0.2, 0) is 6.61 Å². The lowest BCUT2D eigenvalue weighted by molar-refractivity contribution is 0.281. The number of aromatic nitrogens is 1. The zero-order valence-corrected chi connectivity index (χ0v) is 12.2. The van der Waals surface area contributed by atoms with Crippen molar-refractivity contribution in [3.05, 3.63) is 52.8 Å². The molecule has 1 aromatic heterocycles. The SMILES string of the molecule is Cc1cc(Oc2ccc(CO)cc2)c(C(N)=S)c(C)n1. The van der Waals surface area contributed by atoms with E-state index >= 15 is 0 Å². The molecule has 0 spiro atoms. The van der Waals surface area contributed by atoms with Crippen LogP contribution in [0, 0.1) is 13.8 Å². The number of aryl methyl sites for hydroxylation is 2. The predicted molar refractivity (Wildman–Crippen MR) is 82.0 cm³/mol. The molecule has 0 saturated carbocycles. The Bertz CT molecular complexity index is 639. The van der Waals surface area contributed by atoms with Crippen LogP contribution in [0.5, 0.6) is 11.5 Å². The van der Waals surface area contributed by atoms with E-state index in [0.29, 0.717) is 17.1 Å². The molecular weight excluding hydrogens is 272 g/mol. The lowest BCUT2D eigenvalue weighted by Crippen LogP contribution is -2.14. The molecule has 4 nitrogen and oxygen atoms in total. The Hall–Kier alpha value is -1.98. The second-order valence-corrected chi connectivity index (χ2v) is 4.93. The van der Waals surface area contributed by atoms with Gasteiger partial charge in [-0.3, -0.25) is 4.98 Å². The number of thiocarbonyl (C=S) groups is 1. The molecule has 0 amide bonds. The molecule has 0 fully saturated rings. The van der Waals surface area contributed by atoms with Crippen molar-refractivity contribution in [2.24, 2.45) is 5.73 Å². The quantitative estimate of drug-likeness (QED) is 0.846. The van der Waals surface area contributed by atoms with E-state index in [9.17, 15) is 0 Å². The molecule has 0 bridgehead atoms. The van der Waals surface area contributed by atoms with E-state index < -0.39 is 0 Å². The molecule has 2 rings (SSSR count). The van der Waals surface area contributed by atoms with Crippen molar-refractivity contribution in [2.75, 3.05) is 0 Å². The average Bonchev–Trinajstić information content (AvgIpc) is 2.38. The molecule has 0 saturated heterocycles. The van der Waals surface area contributed by atoms with Gasteiger partial charge in [0.25, 0.3) is 0 Å². The number of pyridine rings is 1. The first-order valence-corrected chi connectivity index (χ1v) is 6.58. The molecule has 0 unspecified atom stereocenters. The first kappa shape index (κ1) is 14.4. The zero-order chi connectivity index (χ0) is 14.7. The van der Waals surface area contributed by atoms with Gasteiger partial charge in [-0.2, -0.15) is 0 Å². The maximum atomic E-state index is 9.03. The van der Waals surface area contributed by atoms with Crippen LogP contribution in [0.15, 0.2) is 30.3 Å². The minimum absolute atomic E-state index is 0.00584. The van der Waals surface area contributed by atoms with E-state index in [4.69, 9.17) is 27.8 Å². The molecule has 0 radical (unpaired) electrons. The predicted octanol–water partition coefficient (Wildman–Crippen LogP) is 2.62. The monoisotopic (exact) mass is 288 g/mol. The third-order valence-corrected chi connectivity index (χ3v) is 3.08. The van der Waals surface area contributed by atoms with Crippen molar-refractivity contribution in [2.45, 2.75) is 20.5 Å². The van der Waals surface area contributed by atoms with Crippen molar-refractivity contribution in [3.8, 4) is 11.5 Å². The minimum atomic E-state index is 0.00584. The molecule has 104 valence electrons. The highest BCUT2D eigenvalue weighted by molar-refractivity contribution is 7.80. The smallest absolute Gasteiger partial charge is 0.141 e. The fourth-order valence-electron chi connectivity index (χ4n) is 1.96. The van der Waals surface area contributed by atoms with Gasteiger partial charge in [0.15, 0.2) is 0 Å². The average molecular weight is 288 g/mol. The van der Waals surface area contributed by atoms with Crippen LogP contribution in [0.1, 0.15) is 22.5 Å². The molecule has 1 heterocycles. The molecule has 0 aliphatic heterocycles. The van der Waals surface area contributed by atoms with Gasteiger partial charge in [-0.1, -0.05) is 24.4 Å². The van der Waals surface area contributed by atoms with Crippen LogP contribution in [0.2, 0.25) is 0 Å². The van der Waals surface area contributed by atoms with Crippen molar-refractivity contribution in [3.63, 3.8) is 0 Å². The number of ether oxygens (including phenoxy) is 1. The fourth-order valence-corrected chi connectivity index (χ4v) is 2.21. The molecular formula is C15H16N2O2S. The Morgan fingerprint density at radius 1 is 1.30 bits per heavy atom. The normalized spacial score (nSPS) is 10.3. The van der Waals surface area contributed by atoms with E-state index in [1.165, 1.54) is 0 Å². The van der Waals surface area contributed by atoms with Crippen molar-refractivity contribution >= 4 is 17.2 Å². The maximum absolute atomic E-state index is 9.03. The van der Waals surface area contributed by atoms with E-state index in [-0.39, 0.29) is 11.6 Å². The van der Waals surface area contributed by atoms with Crippen molar-refractivity contribution in [1.82, 2.24) is 4.98 Å². The molecule has 5 heteroatoms. The Balaban J connectivity index is 2.39. The van der Waals surface area contributed by atoms with E-state index in [2.05, 4.69) is 4.98 Å². The number of hydrogen-bond acceptors (Lipinski definition) is 4. The minimum Gasteiger partial charge on any atom is -0.456 e. The van der Waals surface area contributed by atoms with Crippen LogP contribution in [0.4, 0.5) is 0 Å². The molecule has 0 aliphatic carbocycles. The summed E-state index contributed by atoms with van der Waals surface area (Å²) < 4.78 is 5.84. The number of benzene rings is 1. The molecule has 1 aromatic carbocycles. The van der Waals surface area contributed by atoms with Gasteiger partial charge in [0.1, 0.15) is 16.5 Å². The summed E-state index contributed by atoms with van der Waals surface area (Å²) in [6.07, 6.45) is 0.